The molecular weight excluding hydrogens is 224 g/mol. The lowest BCUT2D eigenvalue weighted by Crippen LogP contribution is -2.02. The Morgan fingerprint density at radius 3 is 2.81 bits per heavy atom. The Labute approximate surface area is 99.9 Å². The van der Waals surface area contributed by atoms with Gasteiger partial charge in [-0.1, -0.05) is 17.7 Å². The van der Waals surface area contributed by atoms with E-state index >= 15 is 0 Å². The molecule has 0 aromatic heterocycles. The molecule has 1 aliphatic rings. The van der Waals surface area contributed by atoms with Crippen LogP contribution in [0.15, 0.2) is 24.3 Å². The van der Waals surface area contributed by atoms with E-state index in [1.165, 1.54) is 0 Å². The quantitative estimate of drug-likeness (QED) is 0.786. The summed E-state index contributed by atoms with van der Waals surface area (Å²) >= 11 is 5.95. The van der Waals surface area contributed by atoms with Gasteiger partial charge in [0.25, 0.3) is 0 Å². The minimum atomic E-state index is 0.204. The number of ketones is 1. The van der Waals surface area contributed by atoms with Crippen molar-refractivity contribution in [3.63, 3.8) is 0 Å². The van der Waals surface area contributed by atoms with Gasteiger partial charge in [0.2, 0.25) is 0 Å². The maximum Gasteiger partial charge on any atom is 0.155 e. The van der Waals surface area contributed by atoms with Crippen molar-refractivity contribution in [2.24, 2.45) is 0 Å². The Morgan fingerprint density at radius 1 is 1.31 bits per heavy atom. The van der Waals surface area contributed by atoms with E-state index in [1.54, 1.807) is 19.3 Å². The van der Waals surface area contributed by atoms with E-state index < -0.39 is 0 Å². The molecule has 2 rings (SSSR count). The summed E-state index contributed by atoms with van der Waals surface area (Å²) in [5, 5.41) is 0.592. The Balaban J connectivity index is 2.37. The Bertz CT molecular complexity index is 449. The molecule has 0 amide bonds. The average Bonchev–Trinajstić information content (AvgIpc) is 2.29. The van der Waals surface area contributed by atoms with Crippen molar-refractivity contribution < 1.29 is 9.53 Å². The fraction of sp³-hybridized carbons (Fsp3) is 0.308. The van der Waals surface area contributed by atoms with E-state index in [4.69, 9.17) is 16.3 Å². The highest BCUT2D eigenvalue weighted by Gasteiger charge is 2.12. The van der Waals surface area contributed by atoms with Gasteiger partial charge >= 0.3 is 0 Å². The molecule has 0 radical (unpaired) electrons. The number of carbonyl (C=O) groups is 1. The molecule has 16 heavy (non-hydrogen) atoms. The molecule has 0 fully saturated rings. The van der Waals surface area contributed by atoms with Gasteiger partial charge < -0.3 is 4.74 Å². The molecule has 1 aliphatic carbocycles. The normalized spacial score (nSPS) is 15.9. The maximum atomic E-state index is 11.3. The van der Waals surface area contributed by atoms with Gasteiger partial charge in [-0.3, -0.25) is 4.79 Å². The first-order valence-electron chi connectivity index (χ1n) is 5.28. The van der Waals surface area contributed by atoms with Gasteiger partial charge in [0.05, 0.1) is 12.1 Å². The van der Waals surface area contributed by atoms with Crippen molar-refractivity contribution in [3.05, 3.63) is 34.9 Å². The Kier molecular flexibility index (Phi) is 3.30. The lowest BCUT2D eigenvalue weighted by molar-refractivity contribution is -0.114. The molecule has 1 aromatic rings. The first-order chi connectivity index (χ1) is 7.70. The van der Waals surface area contributed by atoms with Gasteiger partial charge in [0.1, 0.15) is 5.75 Å². The van der Waals surface area contributed by atoms with Gasteiger partial charge in [-0.15, -0.1) is 0 Å². The maximum absolute atomic E-state index is 11.3. The van der Waals surface area contributed by atoms with Gasteiger partial charge in [-0.25, -0.2) is 0 Å². The molecule has 0 N–H and O–H groups in total. The van der Waals surface area contributed by atoms with Crippen LogP contribution >= 0.6 is 11.6 Å². The van der Waals surface area contributed by atoms with Gasteiger partial charge in [0.15, 0.2) is 5.78 Å². The van der Waals surface area contributed by atoms with E-state index in [9.17, 15) is 4.79 Å². The zero-order valence-corrected chi connectivity index (χ0v) is 9.88. The zero-order valence-electron chi connectivity index (χ0n) is 9.13. The topological polar surface area (TPSA) is 26.3 Å². The number of ether oxygens (including phenoxy) is 1. The predicted octanol–water partition coefficient (Wildman–Crippen LogP) is 3.49. The third-order valence-electron chi connectivity index (χ3n) is 2.73. The summed E-state index contributed by atoms with van der Waals surface area (Å²) < 4.78 is 5.16. The summed E-state index contributed by atoms with van der Waals surface area (Å²) in [4.78, 5) is 11.3. The van der Waals surface area contributed by atoms with Crippen LogP contribution in [0.1, 0.15) is 24.8 Å². The minimum Gasteiger partial charge on any atom is -0.495 e. The van der Waals surface area contributed by atoms with Gasteiger partial charge in [0, 0.05) is 6.42 Å². The molecular formula is C13H13ClO2. The van der Waals surface area contributed by atoms with Crippen LogP contribution in [0.25, 0.3) is 5.57 Å². The first kappa shape index (κ1) is 11.2. The predicted molar refractivity (Wildman–Crippen MR) is 64.8 cm³/mol. The van der Waals surface area contributed by atoms with E-state index in [0.717, 1.165) is 24.0 Å². The van der Waals surface area contributed by atoms with E-state index in [2.05, 4.69) is 0 Å². The van der Waals surface area contributed by atoms with Crippen LogP contribution in [0, 0.1) is 0 Å². The second kappa shape index (κ2) is 4.71. The Hall–Kier alpha value is -1.28. The number of allylic oxidation sites excluding steroid dienone is 2. The van der Waals surface area contributed by atoms with Crippen LogP contribution in [-0.2, 0) is 4.79 Å². The van der Waals surface area contributed by atoms with Gasteiger partial charge in [-0.05, 0) is 42.2 Å². The number of methoxy groups -OCH3 is 1. The summed E-state index contributed by atoms with van der Waals surface area (Å²) in [5.41, 5.74) is 2.10. The average molecular weight is 237 g/mol. The summed E-state index contributed by atoms with van der Waals surface area (Å²) in [6.07, 6.45) is 4.26. The van der Waals surface area contributed by atoms with E-state index in [0.29, 0.717) is 17.2 Å². The summed E-state index contributed by atoms with van der Waals surface area (Å²) in [6.45, 7) is 0. The summed E-state index contributed by atoms with van der Waals surface area (Å²) in [6, 6.07) is 5.61. The molecule has 0 bridgehead atoms. The summed E-state index contributed by atoms with van der Waals surface area (Å²) in [5.74, 6) is 0.855. The van der Waals surface area contributed by atoms with Crippen LogP contribution in [-0.4, -0.2) is 12.9 Å². The zero-order chi connectivity index (χ0) is 11.5. The fourth-order valence-electron chi connectivity index (χ4n) is 1.88. The minimum absolute atomic E-state index is 0.204. The number of benzene rings is 1. The second-order valence-electron chi connectivity index (χ2n) is 3.84. The first-order valence-corrected chi connectivity index (χ1v) is 5.66. The van der Waals surface area contributed by atoms with Crippen molar-refractivity contribution in [3.8, 4) is 5.75 Å². The molecule has 0 aliphatic heterocycles. The second-order valence-corrected chi connectivity index (χ2v) is 4.25. The van der Waals surface area contributed by atoms with Crippen LogP contribution in [0.4, 0.5) is 0 Å². The van der Waals surface area contributed by atoms with Crippen molar-refractivity contribution in [2.45, 2.75) is 19.3 Å². The number of halogens is 1. The lowest BCUT2D eigenvalue weighted by atomic mass is 9.93. The molecule has 0 spiro atoms. The molecule has 0 atom stereocenters. The number of hydrogen-bond donors (Lipinski definition) is 0. The molecule has 84 valence electrons. The van der Waals surface area contributed by atoms with Crippen LogP contribution in [0.2, 0.25) is 5.02 Å². The van der Waals surface area contributed by atoms with E-state index in [-0.39, 0.29) is 5.78 Å². The highest BCUT2D eigenvalue weighted by Crippen LogP contribution is 2.31. The van der Waals surface area contributed by atoms with Crippen molar-refractivity contribution in [1.29, 1.82) is 0 Å². The number of carbonyl (C=O) groups excluding carboxylic acids is 1. The van der Waals surface area contributed by atoms with E-state index in [1.807, 2.05) is 12.1 Å². The third-order valence-corrected chi connectivity index (χ3v) is 3.04. The highest BCUT2D eigenvalue weighted by molar-refractivity contribution is 6.32. The molecule has 0 saturated heterocycles. The van der Waals surface area contributed by atoms with Gasteiger partial charge in [-0.2, -0.15) is 0 Å². The van der Waals surface area contributed by atoms with Crippen molar-refractivity contribution in [1.82, 2.24) is 0 Å². The number of rotatable bonds is 2. The third kappa shape index (κ3) is 2.27. The smallest absolute Gasteiger partial charge is 0.155 e. The highest BCUT2D eigenvalue weighted by atomic mass is 35.5. The molecule has 0 saturated carbocycles. The fourth-order valence-corrected chi connectivity index (χ4v) is 2.07. The van der Waals surface area contributed by atoms with Crippen LogP contribution < -0.4 is 4.74 Å². The lowest BCUT2D eigenvalue weighted by Gasteiger charge is -2.13. The van der Waals surface area contributed by atoms with Crippen molar-refractivity contribution >= 4 is 23.0 Å². The van der Waals surface area contributed by atoms with Crippen molar-refractivity contribution in [2.75, 3.05) is 7.11 Å². The molecule has 0 heterocycles. The monoisotopic (exact) mass is 236 g/mol. The summed E-state index contributed by atoms with van der Waals surface area (Å²) in [7, 11) is 1.59. The Morgan fingerprint density at radius 2 is 2.12 bits per heavy atom. The number of hydrogen-bond acceptors (Lipinski definition) is 2. The molecule has 0 unspecified atom stereocenters. The molecule has 1 aromatic carbocycles. The molecule has 2 nitrogen and oxygen atoms in total. The molecule has 3 heteroatoms. The SMILES string of the molecule is COc1cc(C2=CC(=O)CCC2)ccc1Cl. The standard InChI is InChI=1S/C13H13ClO2/c1-16-13-8-10(5-6-12(13)14)9-3-2-4-11(15)7-9/h5-8H,2-4H2,1H3. The van der Waals surface area contributed by atoms with Crippen LogP contribution in [0.5, 0.6) is 5.75 Å². The van der Waals surface area contributed by atoms with Crippen LogP contribution in [0.3, 0.4) is 0 Å². The largest absolute Gasteiger partial charge is 0.495 e.